The Kier molecular flexibility index (Phi) is 7.71. The van der Waals surface area contributed by atoms with Gasteiger partial charge in [0.15, 0.2) is 5.69 Å². The fourth-order valence-corrected chi connectivity index (χ4v) is 4.76. The van der Waals surface area contributed by atoms with Gasteiger partial charge in [0.1, 0.15) is 17.6 Å². The number of alkyl halides is 3. The van der Waals surface area contributed by atoms with Crippen molar-refractivity contribution >= 4 is 17.3 Å². The number of ether oxygens (including phenoxy) is 1. The molecule has 1 aliphatic carbocycles. The highest BCUT2D eigenvalue weighted by Crippen LogP contribution is 2.48. The molecule has 208 valence electrons. The summed E-state index contributed by atoms with van der Waals surface area (Å²) in [4.78, 5) is 21.2. The highest BCUT2D eigenvalue weighted by Gasteiger charge is 2.42. The lowest BCUT2D eigenvalue weighted by Crippen LogP contribution is -2.55. The summed E-state index contributed by atoms with van der Waals surface area (Å²) in [5.41, 5.74) is -0.541. The summed E-state index contributed by atoms with van der Waals surface area (Å²) in [6.07, 6.45) is 1.42. The molecule has 10 nitrogen and oxygen atoms in total. The molecule has 1 atom stereocenters. The number of rotatable bonds is 8. The SMILES string of the molecule is CNC[C@H]1CN(c2c(NC(=O)c3coc(-c4ccnnc4)n3)ccc(OC3CCC3)c2C(F)(F)F)CCN1C. The van der Waals surface area contributed by atoms with E-state index in [4.69, 9.17) is 9.15 Å². The third-order valence-corrected chi connectivity index (χ3v) is 7.12. The van der Waals surface area contributed by atoms with E-state index in [1.54, 1.807) is 18.0 Å². The van der Waals surface area contributed by atoms with Crippen molar-refractivity contribution in [1.29, 1.82) is 0 Å². The zero-order valence-electron chi connectivity index (χ0n) is 21.7. The van der Waals surface area contributed by atoms with Crippen molar-refractivity contribution in [3.8, 4) is 17.2 Å². The molecule has 1 amide bonds. The normalized spacial score (nSPS) is 18.6. The number of nitrogens with one attached hydrogen (secondary N) is 2. The molecule has 1 saturated carbocycles. The monoisotopic (exact) mass is 545 g/mol. The maximum atomic E-state index is 14.7. The van der Waals surface area contributed by atoms with Crippen molar-refractivity contribution in [3.05, 3.63) is 48.1 Å². The van der Waals surface area contributed by atoms with E-state index in [1.165, 1.54) is 24.5 Å². The molecular formula is C26H30F3N7O3. The number of hydrogen-bond donors (Lipinski definition) is 2. The lowest BCUT2D eigenvalue weighted by atomic mass is 9.96. The average molecular weight is 546 g/mol. The molecule has 0 radical (unpaired) electrons. The second kappa shape index (κ2) is 11.2. The second-order valence-electron chi connectivity index (χ2n) is 9.76. The zero-order valence-corrected chi connectivity index (χ0v) is 21.7. The first-order chi connectivity index (χ1) is 18.7. The number of oxazole rings is 1. The van der Waals surface area contributed by atoms with Crippen molar-refractivity contribution < 1.29 is 27.1 Å². The highest BCUT2D eigenvalue weighted by molar-refractivity contribution is 6.05. The first-order valence-electron chi connectivity index (χ1n) is 12.8. The summed E-state index contributed by atoms with van der Waals surface area (Å²) in [6, 6.07) is 4.34. The third-order valence-electron chi connectivity index (χ3n) is 7.12. The molecule has 0 unspecified atom stereocenters. The van der Waals surface area contributed by atoms with E-state index in [0.29, 0.717) is 44.6 Å². The molecule has 39 heavy (non-hydrogen) atoms. The maximum Gasteiger partial charge on any atom is 0.422 e. The number of likely N-dealkylation sites (N-methyl/N-ethyl adjacent to an activating group) is 2. The number of carbonyl (C=O) groups is 1. The second-order valence-corrected chi connectivity index (χ2v) is 9.76. The first kappa shape index (κ1) is 26.9. The maximum absolute atomic E-state index is 14.7. The van der Waals surface area contributed by atoms with E-state index in [0.717, 1.165) is 12.7 Å². The van der Waals surface area contributed by atoms with Crippen LogP contribution in [0.15, 0.2) is 41.3 Å². The lowest BCUT2D eigenvalue weighted by Gasteiger charge is -2.42. The van der Waals surface area contributed by atoms with Gasteiger partial charge in [0, 0.05) is 32.2 Å². The van der Waals surface area contributed by atoms with Gasteiger partial charge in [0.2, 0.25) is 5.89 Å². The fraction of sp³-hybridized carbons (Fsp3) is 0.462. The molecular weight excluding hydrogens is 515 g/mol. The van der Waals surface area contributed by atoms with Gasteiger partial charge >= 0.3 is 6.18 Å². The molecule has 0 spiro atoms. The highest BCUT2D eigenvalue weighted by atomic mass is 19.4. The Balaban J connectivity index is 1.52. The lowest BCUT2D eigenvalue weighted by molar-refractivity contribution is -0.139. The number of aromatic nitrogens is 3. The van der Waals surface area contributed by atoms with Gasteiger partial charge in [-0.1, -0.05) is 0 Å². The molecule has 2 fully saturated rings. The van der Waals surface area contributed by atoms with Crippen LogP contribution in [-0.2, 0) is 6.18 Å². The van der Waals surface area contributed by atoms with Crippen LogP contribution in [0, 0.1) is 0 Å². The predicted molar refractivity (Wildman–Crippen MR) is 138 cm³/mol. The topological polar surface area (TPSA) is 109 Å². The smallest absolute Gasteiger partial charge is 0.422 e. The van der Waals surface area contributed by atoms with Crippen LogP contribution in [0.5, 0.6) is 5.75 Å². The van der Waals surface area contributed by atoms with E-state index in [9.17, 15) is 18.0 Å². The molecule has 2 aliphatic rings. The first-order valence-corrected chi connectivity index (χ1v) is 12.8. The summed E-state index contributed by atoms with van der Waals surface area (Å²) >= 11 is 0. The van der Waals surface area contributed by atoms with E-state index in [2.05, 4.69) is 30.7 Å². The van der Waals surface area contributed by atoms with Crippen LogP contribution < -0.4 is 20.3 Å². The molecule has 2 aromatic heterocycles. The van der Waals surface area contributed by atoms with Crippen LogP contribution in [0.3, 0.4) is 0 Å². The minimum Gasteiger partial charge on any atom is -0.490 e. The minimum absolute atomic E-state index is 0.0242. The van der Waals surface area contributed by atoms with E-state index in [-0.39, 0.29) is 40.9 Å². The standard InChI is InChI=1S/C26H30F3N7O3/c1-30-13-17-14-36(11-10-35(17)2)23-19(6-7-21(22(23)26(27,28)29)39-18-4-3-5-18)33-24(37)20-15-38-25(34-20)16-8-9-31-32-12-16/h6-9,12,15,17-18,30H,3-5,10-11,13-14H2,1-2H3,(H,33,37)/t17-/m0/s1. The van der Waals surface area contributed by atoms with Gasteiger partial charge in [0.25, 0.3) is 5.91 Å². The van der Waals surface area contributed by atoms with E-state index < -0.39 is 17.6 Å². The summed E-state index contributed by atoms with van der Waals surface area (Å²) in [7, 11) is 3.75. The zero-order chi connectivity index (χ0) is 27.6. The van der Waals surface area contributed by atoms with Gasteiger partial charge in [-0.3, -0.25) is 9.69 Å². The molecule has 1 aliphatic heterocycles. The minimum atomic E-state index is -4.72. The summed E-state index contributed by atoms with van der Waals surface area (Å²) in [5, 5.41) is 13.2. The van der Waals surface area contributed by atoms with Gasteiger partial charge in [-0.2, -0.15) is 23.4 Å². The van der Waals surface area contributed by atoms with Gasteiger partial charge in [0.05, 0.1) is 35.4 Å². The summed E-state index contributed by atoms with van der Waals surface area (Å²) < 4.78 is 55.3. The summed E-state index contributed by atoms with van der Waals surface area (Å²) in [5.74, 6) is -0.780. The molecule has 1 aromatic carbocycles. The number of hydrogen-bond acceptors (Lipinski definition) is 9. The van der Waals surface area contributed by atoms with Crippen LogP contribution in [0.25, 0.3) is 11.5 Å². The Labute approximate surface area is 223 Å². The fourth-order valence-electron chi connectivity index (χ4n) is 4.76. The van der Waals surface area contributed by atoms with Gasteiger partial charge < -0.3 is 24.7 Å². The Morgan fingerprint density at radius 3 is 2.69 bits per heavy atom. The number of anilines is 2. The van der Waals surface area contributed by atoms with Crippen molar-refractivity contribution in [2.45, 2.75) is 37.6 Å². The molecule has 5 rings (SSSR count). The van der Waals surface area contributed by atoms with Crippen LogP contribution in [0.1, 0.15) is 35.3 Å². The van der Waals surface area contributed by atoms with Crippen molar-refractivity contribution in [2.75, 3.05) is 50.5 Å². The molecule has 1 saturated heterocycles. The van der Waals surface area contributed by atoms with Crippen molar-refractivity contribution in [2.24, 2.45) is 0 Å². The number of halogens is 3. The van der Waals surface area contributed by atoms with Crippen LogP contribution in [0.4, 0.5) is 24.5 Å². The predicted octanol–water partition coefficient (Wildman–Crippen LogP) is 3.67. The molecule has 3 heterocycles. The molecule has 13 heteroatoms. The van der Waals surface area contributed by atoms with E-state index >= 15 is 0 Å². The van der Waals surface area contributed by atoms with Gasteiger partial charge in [-0.15, -0.1) is 0 Å². The summed E-state index contributed by atoms with van der Waals surface area (Å²) in [6.45, 7) is 1.83. The number of carbonyl (C=O) groups excluding carboxylic acids is 1. The average Bonchev–Trinajstić information content (AvgIpc) is 3.39. The van der Waals surface area contributed by atoms with Crippen molar-refractivity contribution in [1.82, 2.24) is 25.4 Å². The molecule has 0 bridgehead atoms. The number of piperazine rings is 1. The number of nitrogens with zero attached hydrogens (tertiary/aromatic N) is 5. The van der Waals surface area contributed by atoms with Gasteiger partial charge in [-0.05, 0) is 51.6 Å². The van der Waals surface area contributed by atoms with Gasteiger partial charge in [-0.25, -0.2) is 4.98 Å². The quantitative estimate of drug-likeness (QED) is 0.438. The number of benzene rings is 1. The Hall–Kier alpha value is -3.71. The number of amides is 1. The van der Waals surface area contributed by atoms with Crippen LogP contribution in [-0.4, -0.2) is 78.4 Å². The van der Waals surface area contributed by atoms with Crippen LogP contribution in [0.2, 0.25) is 0 Å². The van der Waals surface area contributed by atoms with Crippen molar-refractivity contribution in [3.63, 3.8) is 0 Å². The largest absolute Gasteiger partial charge is 0.490 e. The Morgan fingerprint density at radius 2 is 2.03 bits per heavy atom. The van der Waals surface area contributed by atoms with E-state index in [1.807, 2.05) is 7.05 Å². The van der Waals surface area contributed by atoms with Crippen LogP contribution >= 0.6 is 0 Å². The molecule has 3 aromatic rings. The molecule has 2 N–H and O–H groups in total. The Bertz CT molecular complexity index is 1300. The third kappa shape index (κ3) is 5.83. The Morgan fingerprint density at radius 1 is 1.21 bits per heavy atom.